The van der Waals surface area contributed by atoms with Crippen molar-refractivity contribution in [1.82, 2.24) is 0 Å². The average molecular weight is 457 g/mol. The molecule has 1 heterocycles. The Hall–Kier alpha value is -3.71. The molecule has 0 fully saturated rings. The number of ketones is 1. The van der Waals surface area contributed by atoms with Gasteiger partial charge in [0.15, 0.2) is 5.76 Å². The van der Waals surface area contributed by atoms with E-state index in [0.29, 0.717) is 5.02 Å². The van der Waals surface area contributed by atoms with E-state index in [1.807, 2.05) is 0 Å². The standard InChI is InChI=1S/C24H15ClF2O5/c25-16-7-5-14(6-8-16)11-22(28)30-17-9-10-18-20(13-17)31-21(23(18)29)12-15-3-1-2-4-19(15)32-24(26)27/h1-10,12-13,24H,11H2/b21-12-. The van der Waals surface area contributed by atoms with E-state index in [1.165, 1.54) is 42.5 Å². The van der Waals surface area contributed by atoms with Gasteiger partial charge in [-0.05, 0) is 42.0 Å². The molecule has 0 spiro atoms. The summed E-state index contributed by atoms with van der Waals surface area (Å²) in [7, 11) is 0. The van der Waals surface area contributed by atoms with Gasteiger partial charge in [0.2, 0.25) is 5.78 Å². The van der Waals surface area contributed by atoms with Gasteiger partial charge in [-0.15, -0.1) is 0 Å². The van der Waals surface area contributed by atoms with Crippen LogP contribution in [0, 0.1) is 0 Å². The molecular formula is C24H15ClF2O5. The number of esters is 1. The molecule has 4 rings (SSSR count). The molecular weight excluding hydrogens is 442 g/mol. The van der Waals surface area contributed by atoms with Crippen molar-refractivity contribution < 1.29 is 32.6 Å². The van der Waals surface area contributed by atoms with E-state index < -0.39 is 18.4 Å². The number of allylic oxidation sites excluding steroid dienone is 1. The molecule has 5 nitrogen and oxygen atoms in total. The van der Waals surface area contributed by atoms with Crippen molar-refractivity contribution in [3.8, 4) is 17.2 Å². The molecule has 0 saturated carbocycles. The highest BCUT2D eigenvalue weighted by Gasteiger charge is 2.28. The van der Waals surface area contributed by atoms with E-state index in [-0.39, 0.29) is 40.6 Å². The number of rotatable bonds is 6. The van der Waals surface area contributed by atoms with E-state index in [1.54, 1.807) is 30.3 Å². The summed E-state index contributed by atoms with van der Waals surface area (Å²) >= 11 is 5.84. The molecule has 0 atom stereocenters. The maximum Gasteiger partial charge on any atom is 0.387 e. The lowest BCUT2D eigenvalue weighted by molar-refractivity contribution is -0.133. The van der Waals surface area contributed by atoms with Gasteiger partial charge in [-0.2, -0.15) is 8.78 Å². The van der Waals surface area contributed by atoms with Crippen LogP contribution in [0.4, 0.5) is 8.78 Å². The lowest BCUT2D eigenvalue weighted by Gasteiger charge is -2.08. The van der Waals surface area contributed by atoms with Crippen LogP contribution in [0.5, 0.6) is 17.2 Å². The van der Waals surface area contributed by atoms with E-state index in [0.717, 1.165) is 5.56 Å². The summed E-state index contributed by atoms with van der Waals surface area (Å²) in [6.45, 7) is -3.00. The van der Waals surface area contributed by atoms with Crippen LogP contribution in [0.1, 0.15) is 21.5 Å². The van der Waals surface area contributed by atoms with Gasteiger partial charge in [-0.25, -0.2) is 0 Å². The first-order valence-corrected chi connectivity index (χ1v) is 9.84. The highest BCUT2D eigenvalue weighted by Crippen LogP contribution is 2.36. The molecule has 3 aromatic carbocycles. The molecule has 0 bridgehead atoms. The van der Waals surface area contributed by atoms with Crippen LogP contribution in [-0.2, 0) is 11.2 Å². The van der Waals surface area contributed by atoms with Crippen molar-refractivity contribution in [3.05, 3.63) is 94.2 Å². The summed E-state index contributed by atoms with van der Waals surface area (Å²) in [5.41, 5.74) is 1.27. The minimum absolute atomic E-state index is 0.0418. The fourth-order valence-corrected chi connectivity index (χ4v) is 3.24. The van der Waals surface area contributed by atoms with Gasteiger partial charge < -0.3 is 14.2 Å². The van der Waals surface area contributed by atoms with Crippen LogP contribution in [0.2, 0.25) is 5.02 Å². The maximum absolute atomic E-state index is 12.6. The Balaban J connectivity index is 1.49. The molecule has 8 heteroatoms. The van der Waals surface area contributed by atoms with E-state index in [2.05, 4.69) is 4.74 Å². The number of carbonyl (C=O) groups is 2. The number of ether oxygens (including phenoxy) is 3. The molecule has 1 aliphatic rings. The van der Waals surface area contributed by atoms with Crippen molar-refractivity contribution in [2.75, 3.05) is 0 Å². The lowest BCUT2D eigenvalue weighted by atomic mass is 10.1. The normalized spacial score (nSPS) is 13.8. The lowest BCUT2D eigenvalue weighted by Crippen LogP contribution is -2.11. The molecule has 1 aliphatic heterocycles. The first-order valence-electron chi connectivity index (χ1n) is 9.46. The fourth-order valence-electron chi connectivity index (χ4n) is 3.11. The average Bonchev–Trinajstić information content (AvgIpc) is 3.05. The molecule has 162 valence electrons. The smallest absolute Gasteiger partial charge is 0.387 e. The number of fused-ring (bicyclic) bond motifs is 1. The maximum atomic E-state index is 12.6. The van der Waals surface area contributed by atoms with Crippen LogP contribution in [-0.4, -0.2) is 18.4 Å². The Kier molecular flexibility index (Phi) is 6.18. The Labute approximate surface area is 186 Å². The number of alkyl halides is 2. The first-order chi connectivity index (χ1) is 15.4. The molecule has 0 saturated heterocycles. The molecule has 0 aliphatic carbocycles. The quantitative estimate of drug-likeness (QED) is 0.270. The zero-order chi connectivity index (χ0) is 22.7. The van der Waals surface area contributed by atoms with Crippen LogP contribution in [0.15, 0.2) is 72.5 Å². The van der Waals surface area contributed by atoms with Crippen LogP contribution < -0.4 is 14.2 Å². The van der Waals surface area contributed by atoms with Gasteiger partial charge in [0.1, 0.15) is 17.2 Å². The van der Waals surface area contributed by atoms with Crippen molar-refractivity contribution in [2.45, 2.75) is 13.0 Å². The Bertz CT molecular complexity index is 1210. The van der Waals surface area contributed by atoms with E-state index >= 15 is 0 Å². The van der Waals surface area contributed by atoms with Crippen LogP contribution in [0.25, 0.3) is 6.08 Å². The molecule has 0 N–H and O–H groups in total. The zero-order valence-corrected chi connectivity index (χ0v) is 17.1. The van der Waals surface area contributed by atoms with Gasteiger partial charge in [-0.1, -0.05) is 41.9 Å². The number of hydrogen-bond donors (Lipinski definition) is 0. The third-order valence-corrected chi connectivity index (χ3v) is 4.81. The zero-order valence-electron chi connectivity index (χ0n) is 16.4. The molecule has 3 aromatic rings. The Morgan fingerprint density at radius 2 is 1.81 bits per heavy atom. The van der Waals surface area contributed by atoms with Crippen LogP contribution >= 0.6 is 11.6 Å². The van der Waals surface area contributed by atoms with Crippen molar-refractivity contribution in [3.63, 3.8) is 0 Å². The first kappa shape index (κ1) is 21.5. The topological polar surface area (TPSA) is 61.8 Å². The van der Waals surface area contributed by atoms with Gasteiger partial charge in [0, 0.05) is 16.7 Å². The van der Waals surface area contributed by atoms with Gasteiger partial charge >= 0.3 is 12.6 Å². The summed E-state index contributed by atoms with van der Waals surface area (Å²) in [5.74, 6) is -0.658. The SMILES string of the molecule is O=C(Cc1ccc(Cl)cc1)Oc1ccc2c(c1)O/C(=C\c1ccccc1OC(F)F)C2=O. The number of para-hydroxylation sites is 1. The summed E-state index contributed by atoms with van der Waals surface area (Å²) in [5, 5.41) is 0.565. The number of benzene rings is 3. The second kappa shape index (κ2) is 9.20. The molecule has 0 aromatic heterocycles. The second-order valence-electron chi connectivity index (χ2n) is 6.79. The highest BCUT2D eigenvalue weighted by atomic mass is 35.5. The fraction of sp³-hybridized carbons (Fsp3) is 0.0833. The van der Waals surface area contributed by atoms with Crippen molar-refractivity contribution in [2.24, 2.45) is 0 Å². The number of hydrogen-bond acceptors (Lipinski definition) is 5. The number of halogens is 3. The Morgan fingerprint density at radius 1 is 1.06 bits per heavy atom. The molecule has 0 amide bonds. The highest BCUT2D eigenvalue weighted by molar-refractivity contribution is 6.30. The summed E-state index contributed by atoms with van der Waals surface area (Å²) in [4.78, 5) is 24.8. The molecule has 0 unspecified atom stereocenters. The van der Waals surface area contributed by atoms with E-state index in [4.69, 9.17) is 21.1 Å². The third-order valence-electron chi connectivity index (χ3n) is 4.56. The number of Topliss-reactive ketones (excluding diaryl/α,β-unsaturated/α-hetero) is 1. The largest absolute Gasteiger partial charge is 0.452 e. The third kappa shape index (κ3) is 4.95. The van der Waals surface area contributed by atoms with Gasteiger partial charge in [-0.3, -0.25) is 9.59 Å². The summed E-state index contributed by atoms with van der Waals surface area (Å²) in [6, 6.07) is 17.2. The summed E-state index contributed by atoms with van der Waals surface area (Å²) < 4.78 is 40.7. The molecule has 0 radical (unpaired) electrons. The summed E-state index contributed by atoms with van der Waals surface area (Å²) in [6.07, 6.45) is 1.37. The predicted octanol–water partition coefficient (Wildman–Crippen LogP) is 5.71. The van der Waals surface area contributed by atoms with Crippen LogP contribution in [0.3, 0.4) is 0 Å². The number of carbonyl (C=O) groups excluding carboxylic acids is 2. The van der Waals surface area contributed by atoms with E-state index in [9.17, 15) is 18.4 Å². The second-order valence-corrected chi connectivity index (χ2v) is 7.23. The van der Waals surface area contributed by atoms with Gasteiger partial charge in [0.05, 0.1) is 12.0 Å². The monoisotopic (exact) mass is 456 g/mol. The minimum Gasteiger partial charge on any atom is -0.452 e. The molecule has 32 heavy (non-hydrogen) atoms. The Morgan fingerprint density at radius 3 is 2.56 bits per heavy atom. The van der Waals surface area contributed by atoms with Crippen molar-refractivity contribution >= 4 is 29.4 Å². The minimum atomic E-state index is -3.00. The van der Waals surface area contributed by atoms with Gasteiger partial charge in [0.25, 0.3) is 0 Å². The predicted molar refractivity (Wildman–Crippen MR) is 113 cm³/mol. The van der Waals surface area contributed by atoms with Crippen molar-refractivity contribution in [1.29, 1.82) is 0 Å².